The van der Waals surface area contributed by atoms with Crippen LogP contribution in [0.3, 0.4) is 0 Å². The van der Waals surface area contributed by atoms with Gasteiger partial charge in [-0.2, -0.15) is 17.0 Å². The van der Waals surface area contributed by atoms with Gasteiger partial charge in [0.1, 0.15) is 5.75 Å². The Morgan fingerprint density at radius 3 is 2.25 bits per heavy atom. The molecule has 1 saturated heterocycles. The smallest absolute Gasteiger partial charge is 0.282 e. The highest BCUT2D eigenvalue weighted by Crippen LogP contribution is 2.21. The summed E-state index contributed by atoms with van der Waals surface area (Å²) in [5, 5.41) is 9.95. The summed E-state index contributed by atoms with van der Waals surface area (Å²) < 4.78 is 27.8. The maximum Gasteiger partial charge on any atom is 0.282 e. The van der Waals surface area contributed by atoms with Crippen molar-refractivity contribution in [2.75, 3.05) is 39.3 Å². The standard InChI is InChI=1S/C16H25N3O4S/c1-4-18(5-2)24(22,23)19-10-8-17(9-11-19)16(21)14-7-6-13(3)12-15(14)20/h6-7,12,20H,4-5,8-11H2,1-3H3. The second kappa shape index (κ2) is 7.50. The Morgan fingerprint density at radius 1 is 1.17 bits per heavy atom. The zero-order chi connectivity index (χ0) is 17.9. The van der Waals surface area contributed by atoms with Crippen molar-refractivity contribution in [1.82, 2.24) is 13.5 Å². The molecule has 1 heterocycles. The molecule has 1 amide bonds. The van der Waals surface area contributed by atoms with Gasteiger partial charge in [0.05, 0.1) is 5.56 Å². The van der Waals surface area contributed by atoms with Crippen molar-refractivity contribution in [1.29, 1.82) is 0 Å². The fourth-order valence-electron chi connectivity index (χ4n) is 2.83. The summed E-state index contributed by atoms with van der Waals surface area (Å²) in [6, 6.07) is 4.92. The molecule has 0 unspecified atom stereocenters. The lowest BCUT2D eigenvalue weighted by Crippen LogP contribution is -2.54. The first kappa shape index (κ1) is 18.7. The van der Waals surface area contributed by atoms with Crippen LogP contribution < -0.4 is 0 Å². The van der Waals surface area contributed by atoms with Gasteiger partial charge in [-0.3, -0.25) is 4.79 Å². The molecule has 0 radical (unpaired) electrons. The van der Waals surface area contributed by atoms with E-state index in [0.717, 1.165) is 5.56 Å². The van der Waals surface area contributed by atoms with E-state index in [2.05, 4.69) is 0 Å². The van der Waals surface area contributed by atoms with E-state index in [4.69, 9.17) is 0 Å². The van der Waals surface area contributed by atoms with E-state index >= 15 is 0 Å². The van der Waals surface area contributed by atoms with Crippen LogP contribution in [0.4, 0.5) is 0 Å². The van der Waals surface area contributed by atoms with Crippen LogP contribution in [0.1, 0.15) is 29.8 Å². The Balaban J connectivity index is 2.06. The summed E-state index contributed by atoms with van der Waals surface area (Å²) >= 11 is 0. The number of hydrogen-bond donors (Lipinski definition) is 1. The van der Waals surface area contributed by atoms with Crippen LogP contribution >= 0.6 is 0 Å². The minimum Gasteiger partial charge on any atom is -0.507 e. The molecule has 1 fully saturated rings. The molecule has 1 N–H and O–H groups in total. The fraction of sp³-hybridized carbons (Fsp3) is 0.562. The number of nitrogens with zero attached hydrogens (tertiary/aromatic N) is 3. The van der Waals surface area contributed by atoms with Crippen molar-refractivity contribution in [3.05, 3.63) is 29.3 Å². The van der Waals surface area contributed by atoms with Crippen LogP contribution in [0.2, 0.25) is 0 Å². The molecule has 1 aromatic carbocycles. The summed E-state index contributed by atoms with van der Waals surface area (Å²) in [5.74, 6) is -0.314. The van der Waals surface area contributed by atoms with Crippen LogP contribution in [0, 0.1) is 6.92 Å². The molecule has 2 rings (SSSR count). The van der Waals surface area contributed by atoms with Crippen LogP contribution in [-0.2, 0) is 10.2 Å². The summed E-state index contributed by atoms with van der Waals surface area (Å²) in [6.45, 7) is 7.45. The van der Waals surface area contributed by atoms with Gasteiger partial charge in [-0.1, -0.05) is 19.9 Å². The zero-order valence-electron chi connectivity index (χ0n) is 14.4. The molecule has 134 valence electrons. The molecule has 1 aliphatic rings. The Labute approximate surface area is 143 Å². The van der Waals surface area contributed by atoms with Gasteiger partial charge in [0.2, 0.25) is 0 Å². The molecule has 1 aliphatic heterocycles. The summed E-state index contributed by atoms with van der Waals surface area (Å²) in [7, 11) is -3.47. The predicted molar refractivity (Wildman–Crippen MR) is 92.2 cm³/mol. The molecule has 0 atom stereocenters. The number of benzene rings is 1. The number of aryl methyl sites for hydroxylation is 1. The van der Waals surface area contributed by atoms with E-state index in [9.17, 15) is 18.3 Å². The molecule has 0 bridgehead atoms. The number of rotatable bonds is 5. The maximum absolute atomic E-state index is 12.5. The number of hydrogen-bond acceptors (Lipinski definition) is 4. The first-order valence-corrected chi connectivity index (χ1v) is 9.55. The molecule has 8 heteroatoms. The van der Waals surface area contributed by atoms with Crippen molar-refractivity contribution in [3.63, 3.8) is 0 Å². The molecule has 0 spiro atoms. The van der Waals surface area contributed by atoms with E-state index in [1.165, 1.54) is 8.61 Å². The van der Waals surface area contributed by atoms with Gasteiger partial charge in [0, 0.05) is 39.3 Å². The Morgan fingerprint density at radius 2 is 1.75 bits per heavy atom. The summed E-state index contributed by atoms with van der Waals surface area (Å²) in [6.07, 6.45) is 0. The normalized spacial score (nSPS) is 16.6. The molecule has 0 aliphatic carbocycles. The van der Waals surface area contributed by atoms with Gasteiger partial charge < -0.3 is 10.0 Å². The first-order valence-electron chi connectivity index (χ1n) is 8.15. The molecule has 0 saturated carbocycles. The number of amides is 1. The van der Waals surface area contributed by atoms with Crippen molar-refractivity contribution in [2.24, 2.45) is 0 Å². The van der Waals surface area contributed by atoms with E-state index in [1.54, 1.807) is 36.9 Å². The lowest BCUT2D eigenvalue weighted by molar-refractivity contribution is 0.0691. The highest BCUT2D eigenvalue weighted by molar-refractivity contribution is 7.86. The third-order valence-corrected chi connectivity index (χ3v) is 6.45. The number of carbonyl (C=O) groups excluding carboxylic acids is 1. The number of phenols is 1. The third kappa shape index (κ3) is 3.71. The van der Waals surface area contributed by atoms with Crippen molar-refractivity contribution < 1.29 is 18.3 Å². The van der Waals surface area contributed by atoms with Crippen molar-refractivity contribution in [2.45, 2.75) is 20.8 Å². The largest absolute Gasteiger partial charge is 0.507 e. The van der Waals surface area contributed by atoms with Gasteiger partial charge in [-0.15, -0.1) is 0 Å². The zero-order valence-corrected chi connectivity index (χ0v) is 15.2. The van der Waals surface area contributed by atoms with Crippen LogP contribution in [0.25, 0.3) is 0 Å². The van der Waals surface area contributed by atoms with E-state index in [-0.39, 0.29) is 30.3 Å². The van der Waals surface area contributed by atoms with E-state index < -0.39 is 10.2 Å². The minimum atomic E-state index is -3.47. The lowest BCUT2D eigenvalue weighted by atomic mass is 10.1. The Kier molecular flexibility index (Phi) is 5.84. The quantitative estimate of drug-likeness (QED) is 0.856. The molecular weight excluding hydrogens is 330 g/mol. The highest BCUT2D eigenvalue weighted by atomic mass is 32.2. The number of phenolic OH excluding ortho intramolecular Hbond substituents is 1. The van der Waals surface area contributed by atoms with E-state index in [0.29, 0.717) is 26.2 Å². The molecule has 1 aromatic rings. The average molecular weight is 355 g/mol. The second-order valence-electron chi connectivity index (χ2n) is 5.80. The van der Waals surface area contributed by atoms with Gasteiger partial charge >= 0.3 is 0 Å². The maximum atomic E-state index is 12.5. The van der Waals surface area contributed by atoms with Crippen LogP contribution in [0.5, 0.6) is 5.75 Å². The summed E-state index contributed by atoms with van der Waals surface area (Å²) in [4.78, 5) is 14.1. The van der Waals surface area contributed by atoms with Gasteiger partial charge in [-0.05, 0) is 24.6 Å². The number of aromatic hydroxyl groups is 1. The molecule has 24 heavy (non-hydrogen) atoms. The fourth-order valence-corrected chi connectivity index (χ4v) is 4.43. The lowest BCUT2D eigenvalue weighted by Gasteiger charge is -2.36. The topological polar surface area (TPSA) is 81.2 Å². The SMILES string of the molecule is CCN(CC)S(=O)(=O)N1CCN(C(=O)c2ccc(C)cc2O)CC1. The van der Waals surface area contributed by atoms with Crippen LogP contribution in [-0.4, -0.2) is 72.2 Å². The number of piperazine rings is 1. The minimum absolute atomic E-state index is 0.0433. The monoisotopic (exact) mass is 355 g/mol. The van der Waals surface area contributed by atoms with Gasteiger partial charge in [0.25, 0.3) is 16.1 Å². The van der Waals surface area contributed by atoms with Gasteiger partial charge in [0.15, 0.2) is 0 Å². The van der Waals surface area contributed by atoms with E-state index in [1.807, 2.05) is 6.92 Å². The highest BCUT2D eigenvalue weighted by Gasteiger charge is 2.32. The van der Waals surface area contributed by atoms with Crippen molar-refractivity contribution in [3.8, 4) is 5.75 Å². The third-order valence-electron chi connectivity index (χ3n) is 4.27. The molecular formula is C16H25N3O4S. The van der Waals surface area contributed by atoms with Crippen molar-refractivity contribution >= 4 is 16.1 Å². The Bertz CT molecular complexity index is 693. The first-order chi connectivity index (χ1) is 11.3. The second-order valence-corrected chi connectivity index (χ2v) is 7.73. The number of carbonyl (C=O) groups is 1. The van der Waals surface area contributed by atoms with Gasteiger partial charge in [-0.25, -0.2) is 0 Å². The van der Waals surface area contributed by atoms with Crippen LogP contribution in [0.15, 0.2) is 18.2 Å². The average Bonchev–Trinajstić information content (AvgIpc) is 2.55. The predicted octanol–water partition coefficient (Wildman–Crippen LogP) is 1.05. The molecule has 0 aromatic heterocycles. The molecule has 7 nitrogen and oxygen atoms in total. The summed E-state index contributed by atoms with van der Waals surface area (Å²) in [5.41, 5.74) is 1.12. The Hall–Kier alpha value is -1.64.